The molecule has 76 valence electrons. The van der Waals surface area contributed by atoms with Crippen molar-refractivity contribution in [1.29, 1.82) is 0 Å². The Bertz CT molecular complexity index is 504. The van der Waals surface area contributed by atoms with Crippen LogP contribution in [0.15, 0.2) is 24.8 Å². The molecule has 3 rings (SSSR count). The summed E-state index contributed by atoms with van der Waals surface area (Å²) in [6.07, 6.45) is 6.44. The predicted molar refractivity (Wildman–Crippen MR) is 55.1 cm³/mol. The summed E-state index contributed by atoms with van der Waals surface area (Å²) in [5, 5.41) is 0. The van der Waals surface area contributed by atoms with Crippen molar-refractivity contribution in [2.45, 2.75) is 20.0 Å². The highest BCUT2D eigenvalue weighted by Crippen LogP contribution is 2.28. The molecule has 4 nitrogen and oxygen atoms in total. The smallest absolute Gasteiger partial charge is 0.181 e. The van der Waals surface area contributed by atoms with E-state index in [1.165, 1.54) is 5.56 Å². The maximum atomic E-state index is 5.63. The second-order valence-electron chi connectivity index (χ2n) is 3.56. The van der Waals surface area contributed by atoms with E-state index in [2.05, 4.69) is 16.9 Å². The third-order valence-electron chi connectivity index (χ3n) is 2.62. The van der Waals surface area contributed by atoms with Gasteiger partial charge in [0.1, 0.15) is 12.9 Å². The third-order valence-corrected chi connectivity index (χ3v) is 2.62. The van der Waals surface area contributed by atoms with E-state index in [4.69, 9.17) is 4.74 Å². The number of imidazole rings is 1. The lowest BCUT2D eigenvalue weighted by Crippen LogP contribution is -2.13. The van der Waals surface area contributed by atoms with E-state index in [0.717, 1.165) is 23.7 Å². The van der Waals surface area contributed by atoms with Crippen molar-refractivity contribution in [1.82, 2.24) is 14.5 Å². The van der Waals surface area contributed by atoms with Gasteiger partial charge in [0, 0.05) is 6.20 Å². The zero-order chi connectivity index (χ0) is 10.3. The number of hydrogen-bond acceptors (Lipinski definition) is 3. The normalized spacial score (nSPS) is 12.9. The summed E-state index contributed by atoms with van der Waals surface area (Å²) in [6.45, 7) is 2.68. The standard InChI is InChI=1S/C11H11N3O/c1-2-8-3-10-11(13-4-8)14-7-12-5-9(14)6-15-10/h3-5,7H,2,6H2,1H3. The van der Waals surface area contributed by atoms with Crippen molar-refractivity contribution in [3.8, 4) is 11.6 Å². The number of aryl methyl sites for hydroxylation is 1. The molecule has 2 aromatic rings. The first-order valence-corrected chi connectivity index (χ1v) is 5.02. The van der Waals surface area contributed by atoms with Gasteiger partial charge in [-0.25, -0.2) is 9.97 Å². The SMILES string of the molecule is CCc1cnc2c(c1)OCc1cncn1-2. The Hall–Kier alpha value is -1.84. The lowest BCUT2D eigenvalue weighted by molar-refractivity contribution is 0.282. The van der Waals surface area contributed by atoms with Crippen LogP contribution < -0.4 is 4.74 Å². The van der Waals surface area contributed by atoms with Crippen LogP contribution in [0.2, 0.25) is 0 Å². The third kappa shape index (κ3) is 1.21. The van der Waals surface area contributed by atoms with E-state index in [1.807, 2.05) is 16.8 Å². The van der Waals surface area contributed by atoms with Gasteiger partial charge in [0.25, 0.3) is 0 Å². The van der Waals surface area contributed by atoms with E-state index < -0.39 is 0 Å². The molecule has 0 unspecified atom stereocenters. The average Bonchev–Trinajstić information content (AvgIpc) is 2.76. The quantitative estimate of drug-likeness (QED) is 0.705. The molecule has 1 aliphatic heterocycles. The van der Waals surface area contributed by atoms with E-state index in [1.54, 1.807) is 12.5 Å². The van der Waals surface area contributed by atoms with Gasteiger partial charge in [0.15, 0.2) is 11.6 Å². The second-order valence-corrected chi connectivity index (χ2v) is 3.56. The Kier molecular flexibility index (Phi) is 1.74. The summed E-state index contributed by atoms with van der Waals surface area (Å²) in [7, 11) is 0. The van der Waals surface area contributed by atoms with Crippen LogP contribution in [0.1, 0.15) is 18.2 Å². The first-order chi connectivity index (χ1) is 7.38. The minimum Gasteiger partial charge on any atom is -0.483 e. The van der Waals surface area contributed by atoms with Crippen LogP contribution in [0, 0.1) is 0 Å². The van der Waals surface area contributed by atoms with E-state index in [9.17, 15) is 0 Å². The van der Waals surface area contributed by atoms with Crippen molar-refractivity contribution < 1.29 is 4.74 Å². The summed E-state index contributed by atoms with van der Waals surface area (Å²) in [6, 6.07) is 2.05. The molecule has 0 saturated heterocycles. The number of hydrogen-bond donors (Lipinski definition) is 0. The molecule has 0 bridgehead atoms. The summed E-state index contributed by atoms with van der Waals surface area (Å²) in [5.74, 6) is 1.69. The molecule has 0 aliphatic carbocycles. The van der Waals surface area contributed by atoms with Crippen LogP contribution in [0.3, 0.4) is 0 Å². The van der Waals surface area contributed by atoms with E-state index in [-0.39, 0.29) is 0 Å². The molecule has 0 saturated carbocycles. The first kappa shape index (κ1) is 8.47. The summed E-state index contributed by atoms with van der Waals surface area (Å²) >= 11 is 0. The minimum atomic E-state index is 0.571. The number of nitrogens with zero attached hydrogens (tertiary/aromatic N) is 3. The van der Waals surface area contributed by atoms with Crippen molar-refractivity contribution >= 4 is 0 Å². The van der Waals surface area contributed by atoms with Gasteiger partial charge in [-0.05, 0) is 18.1 Å². The molecular formula is C11H11N3O. The molecular weight excluding hydrogens is 190 g/mol. The topological polar surface area (TPSA) is 39.9 Å². The fourth-order valence-corrected chi connectivity index (χ4v) is 1.73. The zero-order valence-corrected chi connectivity index (χ0v) is 8.47. The van der Waals surface area contributed by atoms with Gasteiger partial charge < -0.3 is 4.74 Å². The molecule has 1 aliphatic rings. The van der Waals surface area contributed by atoms with Crippen LogP contribution in [0.4, 0.5) is 0 Å². The fraction of sp³-hybridized carbons (Fsp3) is 0.273. The highest BCUT2D eigenvalue weighted by Gasteiger charge is 2.17. The Morgan fingerprint density at radius 1 is 1.47 bits per heavy atom. The monoisotopic (exact) mass is 201 g/mol. The molecule has 4 heteroatoms. The summed E-state index contributed by atoms with van der Waals surface area (Å²) < 4.78 is 7.60. The van der Waals surface area contributed by atoms with Crippen molar-refractivity contribution in [2.24, 2.45) is 0 Å². The molecule has 0 atom stereocenters. The average molecular weight is 201 g/mol. The lowest BCUT2D eigenvalue weighted by Gasteiger charge is -2.18. The largest absolute Gasteiger partial charge is 0.483 e. The summed E-state index contributed by atoms with van der Waals surface area (Å²) in [5.41, 5.74) is 2.23. The van der Waals surface area contributed by atoms with E-state index >= 15 is 0 Å². The maximum Gasteiger partial charge on any atom is 0.181 e. The predicted octanol–water partition coefficient (Wildman–Crippen LogP) is 1.72. The van der Waals surface area contributed by atoms with Gasteiger partial charge in [0.05, 0.1) is 11.9 Å². The molecule has 15 heavy (non-hydrogen) atoms. The van der Waals surface area contributed by atoms with Gasteiger partial charge >= 0.3 is 0 Å². The fourth-order valence-electron chi connectivity index (χ4n) is 1.73. The molecule has 0 fully saturated rings. The Labute approximate surface area is 87.5 Å². The first-order valence-electron chi connectivity index (χ1n) is 5.02. The van der Waals surface area contributed by atoms with Crippen molar-refractivity contribution in [3.63, 3.8) is 0 Å². The van der Waals surface area contributed by atoms with Crippen LogP contribution in [-0.4, -0.2) is 14.5 Å². The minimum absolute atomic E-state index is 0.571. The highest BCUT2D eigenvalue weighted by atomic mass is 16.5. The molecule has 0 N–H and O–H groups in total. The Balaban J connectivity index is 2.18. The number of fused-ring (bicyclic) bond motifs is 3. The van der Waals surface area contributed by atoms with Gasteiger partial charge in [0.2, 0.25) is 0 Å². The molecule has 0 radical (unpaired) electrons. The van der Waals surface area contributed by atoms with Crippen LogP contribution >= 0.6 is 0 Å². The maximum absolute atomic E-state index is 5.63. The van der Waals surface area contributed by atoms with Crippen LogP contribution in [0.25, 0.3) is 5.82 Å². The van der Waals surface area contributed by atoms with Gasteiger partial charge in [-0.1, -0.05) is 6.92 Å². The molecule has 0 amide bonds. The van der Waals surface area contributed by atoms with Crippen LogP contribution in [-0.2, 0) is 13.0 Å². The lowest BCUT2D eigenvalue weighted by atomic mass is 10.2. The number of pyridine rings is 1. The van der Waals surface area contributed by atoms with Gasteiger partial charge in [-0.3, -0.25) is 4.57 Å². The molecule has 2 aromatic heterocycles. The van der Waals surface area contributed by atoms with Crippen LogP contribution in [0.5, 0.6) is 5.75 Å². The number of rotatable bonds is 1. The van der Waals surface area contributed by atoms with Gasteiger partial charge in [-0.15, -0.1) is 0 Å². The second kappa shape index (κ2) is 3.08. The summed E-state index contributed by atoms with van der Waals surface area (Å²) in [4.78, 5) is 8.49. The number of aromatic nitrogens is 3. The zero-order valence-electron chi connectivity index (χ0n) is 8.47. The molecule has 3 heterocycles. The van der Waals surface area contributed by atoms with Gasteiger partial charge in [-0.2, -0.15) is 0 Å². The number of ether oxygens (including phenoxy) is 1. The molecule has 0 spiro atoms. The highest BCUT2D eigenvalue weighted by molar-refractivity contribution is 5.45. The molecule has 0 aromatic carbocycles. The van der Waals surface area contributed by atoms with Crippen molar-refractivity contribution in [2.75, 3.05) is 0 Å². The van der Waals surface area contributed by atoms with E-state index in [0.29, 0.717) is 6.61 Å². The Morgan fingerprint density at radius 3 is 3.27 bits per heavy atom. The van der Waals surface area contributed by atoms with Crippen molar-refractivity contribution in [3.05, 3.63) is 36.0 Å². The Morgan fingerprint density at radius 2 is 2.40 bits per heavy atom.